The molecule has 1 heterocycles. The Hall–Kier alpha value is -1.40. The van der Waals surface area contributed by atoms with E-state index in [9.17, 15) is 9.59 Å². The highest BCUT2D eigenvalue weighted by molar-refractivity contribution is 5.96. The van der Waals surface area contributed by atoms with Crippen molar-refractivity contribution in [1.82, 2.24) is 15.5 Å². The van der Waals surface area contributed by atoms with Crippen LogP contribution in [-0.2, 0) is 14.3 Å². The van der Waals surface area contributed by atoms with Gasteiger partial charge in [-0.2, -0.15) is 0 Å². The smallest absolute Gasteiger partial charge is 0.229 e. The van der Waals surface area contributed by atoms with Crippen molar-refractivity contribution in [3.05, 3.63) is 11.6 Å². The Kier molecular flexibility index (Phi) is 8.11. The van der Waals surface area contributed by atoms with E-state index in [0.717, 1.165) is 52.1 Å². The molecule has 0 atom stereocenters. The van der Waals surface area contributed by atoms with Crippen LogP contribution in [0.3, 0.4) is 0 Å². The van der Waals surface area contributed by atoms with E-state index in [-0.39, 0.29) is 18.2 Å². The van der Waals surface area contributed by atoms with Gasteiger partial charge in [0, 0.05) is 32.7 Å². The van der Waals surface area contributed by atoms with Gasteiger partial charge in [0.25, 0.3) is 0 Å². The molecule has 1 saturated heterocycles. The highest BCUT2D eigenvalue weighted by atomic mass is 16.5. The van der Waals surface area contributed by atoms with Crippen LogP contribution in [0.2, 0.25) is 0 Å². The number of ether oxygens (including phenoxy) is 1. The zero-order valence-corrected chi connectivity index (χ0v) is 13.9. The predicted molar refractivity (Wildman–Crippen MR) is 89.1 cm³/mol. The molecule has 1 aliphatic heterocycles. The molecule has 6 nitrogen and oxygen atoms in total. The lowest BCUT2D eigenvalue weighted by molar-refractivity contribution is -0.129. The van der Waals surface area contributed by atoms with E-state index < -0.39 is 0 Å². The van der Waals surface area contributed by atoms with E-state index in [1.54, 1.807) is 0 Å². The molecule has 130 valence electrons. The quantitative estimate of drug-likeness (QED) is 0.513. The molecule has 0 saturated carbocycles. The van der Waals surface area contributed by atoms with Crippen LogP contribution in [0.5, 0.6) is 0 Å². The predicted octanol–water partition coefficient (Wildman–Crippen LogP) is 0.832. The molecule has 2 N–H and O–H groups in total. The third-order valence-electron chi connectivity index (χ3n) is 4.33. The Labute approximate surface area is 138 Å². The average Bonchev–Trinajstić information content (AvgIpc) is 2.57. The van der Waals surface area contributed by atoms with E-state index in [1.165, 1.54) is 18.4 Å². The molecule has 2 rings (SSSR count). The van der Waals surface area contributed by atoms with Crippen LogP contribution in [0.15, 0.2) is 11.6 Å². The lowest BCUT2D eigenvalue weighted by atomic mass is 9.97. The minimum Gasteiger partial charge on any atom is -0.379 e. The molecule has 0 radical (unpaired) electrons. The molecule has 0 bridgehead atoms. The lowest BCUT2D eigenvalue weighted by Crippen LogP contribution is -2.42. The molecule has 0 aromatic rings. The first-order valence-electron chi connectivity index (χ1n) is 8.75. The van der Waals surface area contributed by atoms with Crippen LogP contribution in [0, 0.1) is 0 Å². The minimum absolute atomic E-state index is 0.0812. The number of hydrogen-bond donors (Lipinski definition) is 2. The van der Waals surface area contributed by atoms with Crippen molar-refractivity contribution in [2.75, 3.05) is 45.9 Å². The molecule has 0 unspecified atom stereocenters. The highest BCUT2D eigenvalue weighted by Gasteiger charge is 2.12. The maximum absolute atomic E-state index is 11.7. The molecule has 0 aromatic carbocycles. The van der Waals surface area contributed by atoms with Crippen LogP contribution < -0.4 is 10.6 Å². The number of hydrogen-bond acceptors (Lipinski definition) is 4. The van der Waals surface area contributed by atoms with Crippen LogP contribution in [0.4, 0.5) is 0 Å². The summed E-state index contributed by atoms with van der Waals surface area (Å²) in [4.78, 5) is 25.7. The van der Waals surface area contributed by atoms with Gasteiger partial charge in [0.2, 0.25) is 11.8 Å². The number of nitrogens with zero attached hydrogens (tertiary/aromatic N) is 1. The van der Waals surface area contributed by atoms with Crippen molar-refractivity contribution in [2.24, 2.45) is 0 Å². The molecule has 0 spiro atoms. The Morgan fingerprint density at radius 2 is 1.83 bits per heavy atom. The number of morpholine rings is 1. The third-order valence-corrected chi connectivity index (χ3v) is 4.33. The number of carbonyl (C=O) groups is 2. The maximum Gasteiger partial charge on any atom is 0.229 e. The first kappa shape index (κ1) is 17.9. The second-order valence-corrected chi connectivity index (χ2v) is 6.19. The third kappa shape index (κ3) is 7.61. The van der Waals surface area contributed by atoms with Crippen molar-refractivity contribution in [1.29, 1.82) is 0 Å². The Morgan fingerprint density at radius 3 is 2.52 bits per heavy atom. The lowest BCUT2D eigenvalue weighted by Gasteiger charge is -2.26. The molecule has 1 aliphatic carbocycles. The molecular weight excluding hydrogens is 294 g/mol. The van der Waals surface area contributed by atoms with Gasteiger partial charge in [-0.3, -0.25) is 14.5 Å². The van der Waals surface area contributed by atoms with Gasteiger partial charge in [-0.15, -0.1) is 0 Å². The monoisotopic (exact) mass is 323 g/mol. The summed E-state index contributed by atoms with van der Waals surface area (Å²) >= 11 is 0. The largest absolute Gasteiger partial charge is 0.379 e. The Balaban J connectivity index is 1.50. The molecule has 1 fully saturated rings. The van der Waals surface area contributed by atoms with Gasteiger partial charge < -0.3 is 15.4 Å². The first-order valence-corrected chi connectivity index (χ1v) is 8.75. The van der Waals surface area contributed by atoms with Gasteiger partial charge in [0.15, 0.2) is 0 Å². The van der Waals surface area contributed by atoms with Crippen molar-refractivity contribution in [2.45, 2.75) is 38.5 Å². The highest BCUT2D eigenvalue weighted by Crippen LogP contribution is 2.19. The fourth-order valence-electron chi connectivity index (χ4n) is 2.94. The average molecular weight is 323 g/mol. The number of carbonyl (C=O) groups excluding carboxylic acids is 2. The normalized spacial score (nSPS) is 19.0. The van der Waals surface area contributed by atoms with Gasteiger partial charge in [0.1, 0.15) is 6.42 Å². The molecule has 0 aromatic heterocycles. The van der Waals surface area contributed by atoms with Crippen molar-refractivity contribution in [3.8, 4) is 0 Å². The summed E-state index contributed by atoms with van der Waals surface area (Å²) in [7, 11) is 0. The first-order chi connectivity index (χ1) is 11.2. The number of allylic oxidation sites excluding steroid dienone is 1. The Morgan fingerprint density at radius 1 is 1.09 bits per heavy atom. The molecular formula is C17H29N3O3. The van der Waals surface area contributed by atoms with Crippen LogP contribution in [-0.4, -0.2) is 62.7 Å². The van der Waals surface area contributed by atoms with Crippen LogP contribution >= 0.6 is 0 Å². The van der Waals surface area contributed by atoms with E-state index >= 15 is 0 Å². The fraction of sp³-hybridized carbons (Fsp3) is 0.765. The Bertz CT molecular complexity index is 417. The molecule has 2 aliphatic rings. The molecule has 2 amide bonds. The summed E-state index contributed by atoms with van der Waals surface area (Å²) in [5.41, 5.74) is 1.44. The summed E-state index contributed by atoms with van der Waals surface area (Å²) in [5.74, 6) is -0.391. The summed E-state index contributed by atoms with van der Waals surface area (Å²) in [6.45, 7) is 5.35. The SMILES string of the molecule is O=C(CC(=O)NCCN1CCOCC1)NCCC1=CCCCC1. The second-order valence-electron chi connectivity index (χ2n) is 6.19. The van der Waals surface area contributed by atoms with E-state index in [2.05, 4.69) is 21.6 Å². The van der Waals surface area contributed by atoms with Gasteiger partial charge in [0.05, 0.1) is 13.2 Å². The molecule has 23 heavy (non-hydrogen) atoms. The topological polar surface area (TPSA) is 70.7 Å². The standard InChI is InChI=1S/C17H29N3O3/c21-16(18-7-6-15-4-2-1-3-5-15)14-17(22)19-8-9-20-10-12-23-13-11-20/h4H,1-3,5-14H2,(H,18,21)(H,19,22). The number of nitrogens with one attached hydrogen (secondary N) is 2. The minimum atomic E-state index is -0.201. The summed E-state index contributed by atoms with van der Waals surface area (Å²) in [6.07, 6.45) is 7.96. The van der Waals surface area contributed by atoms with Gasteiger partial charge >= 0.3 is 0 Å². The van der Waals surface area contributed by atoms with E-state index in [4.69, 9.17) is 4.74 Å². The van der Waals surface area contributed by atoms with E-state index in [0.29, 0.717) is 13.1 Å². The molecule has 6 heteroatoms. The number of rotatable bonds is 8. The van der Waals surface area contributed by atoms with Gasteiger partial charge in [-0.1, -0.05) is 11.6 Å². The number of amides is 2. The van der Waals surface area contributed by atoms with Gasteiger partial charge in [-0.05, 0) is 32.1 Å². The van der Waals surface area contributed by atoms with Gasteiger partial charge in [-0.25, -0.2) is 0 Å². The maximum atomic E-state index is 11.7. The van der Waals surface area contributed by atoms with E-state index in [1.807, 2.05) is 0 Å². The zero-order valence-electron chi connectivity index (χ0n) is 13.9. The fourth-order valence-corrected chi connectivity index (χ4v) is 2.94. The van der Waals surface area contributed by atoms with Crippen LogP contribution in [0.1, 0.15) is 38.5 Å². The summed E-state index contributed by atoms with van der Waals surface area (Å²) < 4.78 is 5.28. The zero-order chi connectivity index (χ0) is 16.3. The second kappa shape index (κ2) is 10.4. The summed E-state index contributed by atoms with van der Waals surface area (Å²) in [5, 5.41) is 5.64. The van der Waals surface area contributed by atoms with Crippen molar-refractivity contribution >= 4 is 11.8 Å². The summed E-state index contributed by atoms with van der Waals surface area (Å²) in [6, 6.07) is 0. The van der Waals surface area contributed by atoms with Crippen molar-refractivity contribution < 1.29 is 14.3 Å². The van der Waals surface area contributed by atoms with Crippen LogP contribution in [0.25, 0.3) is 0 Å². The van der Waals surface area contributed by atoms with Crippen molar-refractivity contribution in [3.63, 3.8) is 0 Å².